The standard InChI is InChI=1S/C15H24BrN3/c1-3-6-14-18-13(16)10-15(19-14)17-12-8-5-7-11(4-2)9-12/h10-12H,3-9H2,1-2H3,(H,17,18,19). The van der Waals surface area contributed by atoms with E-state index in [1.165, 1.54) is 32.1 Å². The molecule has 1 N–H and O–H groups in total. The van der Waals surface area contributed by atoms with Crippen molar-refractivity contribution in [3.63, 3.8) is 0 Å². The Kier molecular flexibility index (Phi) is 5.61. The average molecular weight is 326 g/mol. The lowest BCUT2D eigenvalue weighted by Gasteiger charge is -2.29. The molecule has 0 saturated heterocycles. The Morgan fingerprint density at radius 2 is 2.16 bits per heavy atom. The largest absolute Gasteiger partial charge is 0.367 e. The fraction of sp³-hybridized carbons (Fsp3) is 0.733. The number of anilines is 1. The first-order chi connectivity index (χ1) is 9.21. The van der Waals surface area contributed by atoms with Crippen LogP contribution in [0, 0.1) is 5.92 Å². The van der Waals surface area contributed by atoms with Crippen molar-refractivity contribution in [1.29, 1.82) is 0 Å². The van der Waals surface area contributed by atoms with Crippen LogP contribution in [0.4, 0.5) is 5.82 Å². The van der Waals surface area contributed by atoms with Crippen LogP contribution >= 0.6 is 15.9 Å². The van der Waals surface area contributed by atoms with Gasteiger partial charge in [0.15, 0.2) is 0 Å². The Labute approximate surface area is 124 Å². The fourth-order valence-electron chi connectivity index (χ4n) is 2.88. The van der Waals surface area contributed by atoms with Crippen molar-refractivity contribution >= 4 is 21.7 Å². The van der Waals surface area contributed by atoms with Crippen LogP contribution in [0.25, 0.3) is 0 Å². The summed E-state index contributed by atoms with van der Waals surface area (Å²) in [5.74, 6) is 2.79. The number of halogens is 1. The summed E-state index contributed by atoms with van der Waals surface area (Å²) < 4.78 is 0.885. The van der Waals surface area contributed by atoms with E-state index >= 15 is 0 Å². The number of hydrogen-bond acceptors (Lipinski definition) is 3. The third kappa shape index (κ3) is 4.44. The molecule has 0 aliphatic heterocycles. The van der Waals surface area contributed by atoms with Crippen molar-refractivity contribution < 1.29 is 0 Å². The molecular formula is C15H24BrN3. The van der Waals surface area contributed by atoms with Crippen LogP contribution in [0.2, 0.25) is 0 Å². The number of aryl methyl sites for hydroxylation is 1. The third-order valence-corrected chi connectivity index (χ3v) is 4.33. The zero-order valence-corrected chi connectivity index (χ0v) is 13.5. The van der Waals surface area contributed by atoms with Crippen LogP contribution in [0.5, 0.6) is 0 Å². The maximum atomic E-state index is 4.62. The molecule has 1 aliphatic rings. The van der Waals surface area contributed by atoms with Gasteiger partial charge in [0.25, 0.3) is 0 Å². The summed E-state index contributed by atoms with van der Waals surface area (Å²) in [5.41, 5.74) is 0. The molecule has 1 saturated carbocycles. The minimum atomic E-state index is 0.579. The van der Waals surface area contributed by atoms with E-state index in [9.17, 15) is 0 Å². The highest BCUT2D eigenvalue weighted by Gasteiger charge is 2.21. The molecule has 2 unspecified atom stereocenters. The summed E-state index contributed by atoms with van der Waals surface area (Å²) in [5, 5.41) is 3.60. The van der Waals surface area contributed by atoms with E-state index in [0.717, 1.165) is 35.0 Å². The van der Waals surface area contributed by atoms with E-state index in [-0.39, 0.29) is 0 Å². The molecule has 0 spiro atoms. The Morgan fingerprint density at radius 3 is 2.89 bits per heavy atom. The number of aromatic nitrogens is 2. The van der Waals surface area contributed by atoms with Crippen LogP contribution in [-0.4, -0.2) is 16.0 Å². The number of nitrogens with zero attached hydrogens (tertiary/aromatic N) is 2. The molecule has 19 heavy (non-hydrogen) atoms. The molecule has 0 radical (unpaired) electrons. The minimum Gasteiger partial charge on any atom is -0.367 e. The second-order valence-electron chi connectivity index (χ2n) is 5.52. The maximum Gasteiger partial charge on any atom is 0.132 e. The van der Waals surface area contributed by atoms with Gasteiger partial charge in [0.05, 0.1) is 0 Å². The molecule has 4 heteroatoms. The molecule has 1 aromatic rings. The van der Waals surface area contributed by atoms with Gasteiger partial charge in [-0.25, -0.2) is 9.97 Å². The summed E-state index contributed by atoms with van der Waals surface area (Å²) in [7, 11) is 0. The molecule has 0 aromatic carbocycles. The van der Waals surface area contributed by atoms with Crippen molar-refractivity contribution in [2.45, 2.75) is 64.8 Å². The Hall–Kier alpha value is -0.640. The van der Waals surface area contributed by atoms with Crippen molar-refractivity contribution in [1.82, 2.24) is 9.97 Å². The topological polar surface area (TPSA) is 37.8 Å². The van der Waals surface area contributed by atoms with Crippen LogP contribution in [0.1, 0.15) is 58.2 Å². The second-order valence-corrected chi connectivity index (χ2v) is 6.34. The van der Waals surface area contributed by atoms with Crippen molar-refractivity contribution in [3.05, 3.63) is 16.5 Å². The van der Waals surface area contributed by atoms with E-state index in [2.05, 4.69) is 45.1 Å². The summed E-state index contributed by atoms with van der Waals surface area (Å²) in [6.45, 7) is 4.46. The van der Waals surface area contributed by atoms with E-state index < -0.39 is 0 Å². The maximum absolute atomic E-state index is 4.62. The average Bonchev–Trinajstić information content (AvgIpc) is 2.38. The van der Waals surface area contributed by atoms with Gasteiger partial charge in [0, 0.05) is 18.5 Å². The van der Waals surface area contributed by atoms with Gasteiger partial charge in [-0.3, -0.25) is 0 Å². The molecule has 0 bridgehead atoms. The summed E-state index contributed by atoms with van der Waals surface area (Å²) in [6.07, 6.45) is 8.59. The lowest BCUT2D eigenvalue weighted by Crippen LogP contribution is -2.27. The molecule has 0 amide bonds. The summed E-state index contributed by atoms with van der Waals surface area (Å²) in [4.78, 5) is 9.03. The quantitative estimate of drug-likeness (QED) is 0.805. The van der Waals surface area contributed by atoms with E-state index in [4.69, 9.17) is 0 Å². The van der Waals surface area contributed by atoms with E-state index in [0.29, 0.717) is 6.04 Å². The van der Waals surface area contributed by atoms with Gasteiger partial charge in [-0.1, -0.05) is 33.1 Å². The molecule has 3 nitrogen and oxygen atoms in total. The Bertz CT molecular complexity index is 408. The van der Waals surface area contributed by atoms with Gasteiger partial charge in [-0.15, -0.1) is 0 Å². The molecular weight excluding hydrogens is 302 g/mol. The first-order valence-corrected chi connectivity index (χ1v) is 8.30. The van der Waals surface area contributed by atoms with Crippen LogP contribution in [-0.2, 0) is 6.42 Å². The van der Waals surface area contributed by atoms with Gasteiger partial charge >= 0.3 is 0 Å². The molecule has 1 aromatic heterocycles. The first kappa shape index (κ1) is 14.8. The van der Waals surface area contributed by atoms with E-state index in [1.54, 1.807) is 0 Å². The SMILES string of the molecule is CCCc1nc(Br)cc(NC2CCCC(CC)C2)n1. The monoisotopic (exact) mass is 325 g/mol. The number of nitrogens with one attached hydrogen (secondary N) is 1. The fourth-order valence-corrected chi connectivity index (χ4v) is 3.30. The highest BCUT2D eigenvalue weighted by molar-refractivity contribution is 9.10. The van der Waals surface area contributed by atoms with Crippen LogP contribution in [0.15, 0.2) is 10.7 Å². The molecule has 106 valence electrons. The molecule has 2 rings (SSSR count). The van der Waals surface area contributed by atoms with Gasteiger partial charge in [-0.05, 0) is 41.1 Å². The van der Waals surface area contributed by atoms with E-state index in [1.807, 2.05) is 6.07 Å². The van der Waals surface area contributed by atoms with Gasteiger partial charge in [0.1, 0.15) is 16.2 Å². The van der Waals surface area contributed by atoms with Crippen LogP contribution < -0.4 is 5.32 Å². The lowest BCUT2D eigenvalue weighted by atomic mass is 9.84. The van der Waals surface area contributed by atoms with Crippen LogP contribution in [0.3, 0.4) is 0 Å². The highest BCUT2D eigenvalue weighted by Crippen LogP contribution is 2.28. The van der Waals surface area contributed by atoms with Gasteiger partial charge in [-0.2, -0.15) is 0 Å². The third-order valence-electron chi connectivity index (χ3n) is 3.93. The minimum absolute atomic E-state index is 0.579. The van der Waals surface area contributed by atoms with Gasteiger partial charge < -0.3 is 5.32 Å². The highest BCUT2D eigenvalue weighted by atomic mass is 79.9. The molecule has 2 atom stereocenters. The molecule has 1 heterocycles. The Balaban J connectivity index is 2.01. The number of hydrogen-bond donors (Lipinski definition) is 1. The molecule has 1 fully saturated rings. The molecule has 1 aliphatic carbocycles. The van der Waals surface area contributed by atoms with Crippen molar-refractivity contribution in [2.24, 2.45) is 5.92 Å². The normalized spacial score (nSPS) is 23.3. The van der Waals surface area contributed by atoms with Crippen molar-refractivity contribution in [3.8, 4) is 0 Å². The summed E-state index contributed by atoms with van der Waals surface area (Å²) >= 11 is 3.48. The predicted molar refractivity (Wildman–Crippen MR) is 83.4 cm³/mol. The summed E-state index contributed by atoms with van der Waals surface area (Å²) in [6, 6.07) is 2.57. The lowest BCUT2D eigenvalue weighted by molar-refractivity contribution is 0.327. The Morgan fingerprint density at radius 1 is 1.32 bits per heavy atom. The zero-order valence-electron chi connectivity index (χ0n) is 12.0. The first-order valence-electron chi connectivity index (χ1n) is 7.51. The number of rotatable bonds is 5. The van der Waals surface area contributed by atoms with Crippen molar-refractivity contribution in [2.75, 3.05) is 5.32 Å². The van der Waals surface area contributed by atoms with Gasteiger partial charge in [0.2, 0.25) is 0 Å². The zero-order chi connectivity index (χ0) is 13.7. The second kappa shape index (κ2) is 7.22. The smallest absolute Gasteiger partial charge is 0.132 e. The predicted octanol–water partition coefficient (Wildman–Crippen LogP) is 4.57.